The average molecular weight is 413 g/mol. The van der Waals surface area contributed by atoms with E-state index in [1.807, 2.05) is 24.3 Å². The highest BCUT2D eigenvalue weighted by Gasteiger charge is 2.14. The first kappa shape index (κ1) is 18.1. The highest BCUT2D eigenvalue weighted by atomic mass is 79.9. The molecular weight excluding hydrogens is 401 g/mol. The lowest BCUT2D eigenvalue weighted by Crippen LogP contribution is -2.32. The summed E-state index contributed by atoms with van der Waals surface area (Å²) >= 11 is 8.93. The molecule has 0 aliphatic carbocycles. The average Bonchev–Trinajstić information content (AvgIpc) is 2.56. The highest BCUT2D eigenvalue weighted by Crippen LogP contribution is 2.19. The largest absolute Gasteiger partial charge is 0.329 e. The van der Waals surface area contributed by atoms with Crippen LogP contribution in [0.2, 0.25) is 5.02 Å². The van der Waals surface area contributed by atoms with E-state index in [1.54, 1.807) is 6.92 Å². The summed E-state index contributed by atoms with van der Waals surface area (Å²) in [5, 5.41) is 6.02. The first-order valence-corrected chi connectivity index (χ1v) is 7.90. The number of nitrogens with zero attached hydrogens (tertiary/aromatic N) is 1. The van der Waals surface area contributed by atoms with Gasteiger partial charge in [0.05, 0.1) is 10.7 Å². The van der Waals surface area contributed by atoms with E-state index < -0.39 is 17.6 Å². The number of carbonyl (C=O) groups excluding carboxylic acids is 2. The van der Waals surface area contributed by atoms with Crippen LogP contribution >= 0.6 is 27.5 Å². The van der Waals surface area contributed by atoms with Crippen LogP contribution in [0.3, 0.4) is 0 Å². The quantitative estimate of drug-likeness (QED) is 0.458. The maximum absolute atomic E-state index is 13.0. The molecule has 2 amide bonds. The summed E-state index contributed by atoms with van der Waals surface area (Å²) in [5.41, 5.74) is 3.69. The Morgan fingerprint density at radius 3 is 2.42 bits per heavy atom. The van der Waals surface area contributed by atoms with Gasteiger partial charge >= 0.3 is 11.8 Å². The molecule has 2 N–H and O–H groups in total. The first-order valence-electron chi connectivity index (χ1n) is 6.73. The van der Waals surface area contributed by atoms with E-state index in [1.165, 1.54) is 12.1 Å². The number of anilines is 1. The fourth-order valence-electron chi connectivity index (χ4n) is 1.70. The van der Waals surface area contributed by atoms with Gasteiger partial charge in [0.2, 0.25) is 0 Å². The predicted molar refractivity (Wildman–Crippen MR) is 94.5 cm³/mol. The molecule has 0 fully saturated rings. The number of nitrogens with one attached hydrogen (secondary N) is 2. The summed E-state index contributed by atoms with van der Waals surface area (Å²) in [6.07, 6.45) is 0. The number of hydrazone groups is 1. The first-order chi connectivity index (χ1) is 11.4. The molecule has 0 aliphatic rings. The van der Waals surface area contributed by atoms with Crippen molar-refractivity contribution in [3.63, 3.8) is 0 Å². The molecule has 5 nitrogen and oxygen atoms in total. The third-order valence-corrected chi connectivity index (χ3v) is 3.79. The normalized spacial score (nSPS) is 11.1. The van der Waals surface area contributed by atoms with E-state index in [-0.39, 0.29) is 10.7 Å². The van der Waals surface area contributed by atoms with Gasteiger partial charge in [0, 0.05) is 10.2 Å². The number of hydrogen-bond donors (Lipinski definition) is 2. The standard InChI is InChI=1S/C16H12BrClFN3O2/c1-9(10-2-4-11(17)5-3-10)21-22-16(24)15(23)20-12-6-7-14(19)13(18)8-12/h2-8H,1H3,(H,20,23)(H,22,24)/b21-9+. The zero-order chi connectivity index (χ0) is 17.7. The van der Waals surface area contributed by atoms with E-state index in [2.05, 4.69) is 31.8 Å². The number of hydrogen-bond acceptors (Lipinski definition) is 3. The van der Waals surface area contributed by atoms with Gasteiger partial charge in [0.15, 0.2) is 0 Å². The molecule has 2 aromatic rings. The summed E-state index contributed by atoms with van der Waals surface area (Å²) in [6.45, 7) is 1.70. The van der Waals surface area contributed by atoms with Crippen LogP contribution in [-0.2, 0) is 9.59 Å². The van der Waals surface area contributed by atoms with Crippen molar-refractivity contribution in [3.8, 4) is 0 Å². The minimum atomic E-state index is -0.952. The molecule has 0 saturated carbocycles. The van der Waals surface area contributed by atoms with Gasteiger partial charge in [-0.3, -0.25) is 9.59 Å². The molecule has 2 rings (SSSR count). The van der Waals surface area contributed by atoms with E-state index in [9.17, 15) is 14.0 Å². The second-order valence-electron chi connectivity index (χ2n) is 4.73. The maximum Gasteiger partial charge on any atom is 0.329 e. The monoisotopic (exact) mass is 411 g/mol. The van der Waals surface area contributed by atoms with Gasteiger partial charge in [-0.1, -0.05) is 39.7 Å². The Balaban J connectivity index is 1.98. The molecule has 0 aromatic heterocycles. The molecule has 124 valence electrons. The zero-order valence-electron chi connectivity index (χ0n) is 12.4. The Bertz CT molecular complexity index is 809. The second-order valence-corrected chi connectivity index (χ2v) is 6.05. The van der Waals surface area contributed by atoms with Crippen LogP contribution in [0.15, 0.2) is 52.0 Å². The minimum Gasteiger partial charge on any atom is -0.318 e. The molecule has 24 heavy (non-hydrogen) atoms. The Morgan fingerprint density at radius 2 is 1.79 bits per heavy atom. The van der Waals surface area contributed by atoms with Crippen LogP contribution in [0.4, 0.5) is 10.1 Å². The number of rotatable bonds is 3. The van der Waals surface area contributed by atoms with Gasteiger partial charge in [0.1, 0.15) is 5.82 Å². The van der Waals surface area contributed by atoms with Crippen molar-refractivity contribution < 1.29 is 14.0 Å². The van der Waals surface area contributed by atoms with Crippen molar-refractivity contribution in [1.29, 1.82) is 0 Å². The predicted octanol–water partition coefficient (Wildman–Crippen LogP) is 3.72. The maximum atomic E-state index is 13.0. The van der Waals surface area contributed by atoms with Crippen molar-refractivity contribution in [3.05, 3.63) is 63.3 Å². The second kappa shape index (κ2) is 8.03. The summed E-state index contributed by atoms with van der Waals surface area (Å²) in [4.78, 5) is 23.5. The van der Waals surface area contributed by atoms with Gasteiger partial charge in [-0.05, 0) is 42.8 Å². The van der Waals surface area contributed by atoms with Crippen LogP contribution in [-0.4, -0.2) is 17.5 Å². The van der Waals surface area contributed by atoms with Crippen molar-refractivity contribution in [1.82, 2.24) is 5.43 Å². The van der Waals surface area contributed by atoms with E-state index in [0.717, 1.165) is 16.1 Å². The van der Waals surface area contributed by atoms with Crippen molar-refractivity contribution in [2.24, 2.45) is 5.10 Å². The van der Waals surface area contributed by atoms with Crippen LogP contribution in [0.5, 0.6) is 0 Å². The fourth-order valence-corrected chi connectivity index (χ4v) is 2.15. The zero-order valence-corrected chi connectivity index (χ0v) is 14.8. The molecule has 0 spiro atoms. The SMILES string of the molecule is C/C(=N\NC(=O)C(=O)Nc1ccc(F)c(Cl)c1)c1ccc(Br)cc1. The highest BCUT2D eigenvalue weighted by molar-refractivity contribution is 9.10. The molecular formula is C16H12BrClFN3O2. The van der Waals surface area contributed by atoms with Gasteiger partial charge in [0.25, 0.3) is 0 Å². The molecule has 0 unspecified atom stereocenters. The molecule has 0 bridgehead atoms. The summed E-state index contributed by atoms with van der Waals surface area (Å²) in [6, 6.07) is 10.9. The van der Waals surface area contributed by atoms with Crippen molar-refractivity contribution in [2.45, 2.75) is 6.92 Å². The molecule has 0 saturated heterocycles. The van der Waals surface area contributed by atoms with Gasteiger partial charge < -0.3 is 5.32 Å². The van der Waals surface area contributed by atoms with Gasteiger partial charge in [-0.25, -0.2) is 9.82 Å². The Labute approximate surface area is 151 Å². The summed E-state index contributed by atoms with van der Waals surface area (Å²) < 4.78 is 14.0. The Morgan fingerprint density at radius 1 is 1.12 bits per heavy atom. The number of benzene rings is 2. The minimum absolute atomic E-state index is 0.155. The van der Waals surface area contributed by atoms with Gasteiger partial charge in [-0.2, -0.15) is 5.10 Å². The molecule has 2 aromatic carbocycles. The van der Waals surface area contributed by atoms with Crippen LogP contribution in [0.25, 0.3) is 0 Å². The lowest BCUT2D eigenvalue weighted by molar-refractivity contribution is -0.136. The van der Waals surface area contributed by atoms with Crippen LogP contribution < -0.4 is 10.7 Å². The van der Waals surface area contributed by atoms with E-state index in [0.29, 0.717) is 5.71 Å². The Hall–Kier alpha value is -2.25. The smallest absolute Gasteiger partial charge is 0.318 e. The third kappa shape index (κ3) is 4.87. The molecule has 0 radical (unpaired) electrons. The summed E-state index contributed by atoms with van der Waals surface area (Å²) in [7, 11) is 0. The number of carbonyl (C=O) groups is 2. The van der Waals surface area contributed by atoms with E-state index in [4.69, 9.17) is 11.6 Å². The van der Waals surface area contributed by atoms with E-state index >= 15 is 0 Å². The molecule has 0 heterocycles. The third-order valence-electron chi connectivity index (χ3n) is 2.97. The summed E-state index contributed by atoms with van der Waals surface area (Å²) in [5.74, 6) is -2.51. The fraction of sp³-hybridized carbons (Fsp3) is 0.0625. The van der Waals surface area contributed by atoms with Gasteiger partial charge in [-0.15, -0.1) is 0 Å². The lowest BCUT2D eigenvalue weighted by Gasteiger charge is -2.06. The Kier molecular flexibility index (Phi) is 6.05. The van der Waals surface area contributed by atoms with Crippen molar-refractivity contribution >= 4 is 50.7 Å². The van der Waals surface area contributed by atoms with Crippen LogP contribution in [0.1, 0.15) is 12.5 Å². The topological polar surface area (TPSA) is 70.6 Å². The van der Waals surface area contributed by atoms with Crippen molar-refractivity contribution in [2.75, 3.05) is 5.32 Å². The number of amides is 2. The number of halogens is 3. The molecule has 0 atom stereocenters. The van der Waals surface area contributed by atoms with Crippen LogP contribution in [0, 0.1) is 5.82 Å². The molecule has 0 aliphatic heterocycles. The molecule has 8 heteroatoms. The lowest BCUT2D eigenvalue weighted by atomic mass is 10.1.